The van der Waals surface area contributed by atoms with E-state index in [-0.39, 0.29) is 0 Å². The van der Waals surface area contributed by atoms with Crippen LogP contribution < -0.4 is 5.32 Å². The van der Waals surface area contributed by atoms with Crippen molar-refractivity contribution in [1.82, 2.24) is 24.6 Å². The zero-order valence-corrected chi connectivity index (χ0v) is 13.7. The molecule has 2 rings (SSSR count). The molecule has 0 bridgehead atoms. The predicted molar refractivity (Wildman–Crippen MR) is 86.3 cm³/mol. The Morgan fingerprint density at radius 3 is 2.76 bits per heavy atom. The van der Waals surface area contributed by atoms with Crippen LogP contribution >= 0.6 is 0 Å². The molecule has 6 heteroatoms. The standard InChI is InChI=1S/C15H26N6/c1-6-7-16-14-12-8-17-21(5)15(12)19-13(18-14)10-20(4)9-11(2)3/h8,11H,6-7,9-10H2,1-5H3,(H,16,18,19). The van der Waals surface area contributed by atoms with Gasteiger partial charge in [0.15, 0.2) is 5.65 Å². The second-order valence-electron chi connectivity index (χ2n) is 6.01. The summed E-state index contributed by atoms with van der Waals surface area (Å²) in [6.07, 6.45) is 2.89. The van der Waals surface area contributed by atoms with E-state index < -0.39 is 0 Å². The highest BCUT2D eigenvalue weighted by molar-refractivity contribution is 5.86. The summed E-state index contributed by atoms with van der Waals surface area (Å²) >= 11 is 0. The third-order valence-corrected chi connectivity index (χ3v) is 3.27. The highest BCUT2D eigenvalue weighted by Crippen LogP contribution is 2.20. The first-order valence-corrected chi connectivity index (χ1v) is 7.62. The van der Waals surface area contributed by atoms with Gasteiger partial charge in [-0.1, -0.05) is 20.8 Å². The van der Waals surface area contributed by atoms with Crippen LogP contribution in [-0.4, -0.2) is 44.8 Å². The van der Waals surface area contributed by atoms with Crippen LogP contribution in [0, 0.1) is 5.92 Å². The van der Waals surface area contributed by atoms with Gasteiger partial charge in [0.2, 0.25) is 0 Å². The number of hydrogen-bond donors (Lipinski definition) is 1. The minimum Gasteiger partial charge on any atom is -0.369 e. The van der Waals surface area contributed by atoms with Gasteiger partial charge in [-0.15, -0.1) is 0 Å². The molecule has 0 amide bonds. The molecular weight excluding hydrogens is 264 g/mol. The Balaban J connectivity index is 2.28. The number of hydrogen-bond acceptors (Lipinski definition) is 5. The maximum atomic E-state index is 4.68. The van der Waals surface area contributed by atoms with Crippen molar-refractivity contribution in [2.45, 2.75) is 33.7 Å². The van der Waals surface area contributed by atoms with Gasteiger partial charge in [-0.2, -0.15) is 5.10 Å². The Morgan fingerprint density at radius 1 is 1.33 bits per heavy atom. The first-order valence-electron chi connectivity index (χ1n) is 7.62. The van der Waals surface area contributed by atoms with Crippen LogP contribution in [-0.2, 0) is 13.6 Å². The summed E-state index contributed by atoms with van der Waals surface area (Å²) in [5.74, 6) is 2.36. The summed E-state index contributed by atoms with van der Waals surface area (Å²) in [6, 6.07) is 0. The third-order valence-electron chi connectivity index (χ3n) is 3.27. The van der Waals surface area contributed by atoms with Gasteiger partial charge in [-0.3, -0.25) is 9.58 Å². The van der Waals surface area contributed by atoms with E-state index in [2.05, 4.69) is 53.1 Å². The minimum absolute atomic E-state index is 0.633. The molecule has 0 unspecified atom stereocenters. The molecule has 0 aliphatic heterocycles. The maximum Gasteiger partial charge on any atom is 0.163 e. The first-order chi connectivity index (χ1) is 10.0. The molecule has 21 heavy (non-hydrogen) atoms. The van der Waals surface area contributed by atoms with E-state index in [1.807, 2.05) is 13.2 Å². The second kappa shape index (κ2) is 6.85. The molecule has 0 aromatic carbocycles. The Labute approximate surface area is 126 Å². The quantitative estimate of drug-likeness (QED) is 0.847. The largest absolute Gasteiger partial charge is 0.369 e. The van der Waals surface area contributed by atoms with Crippen LogP contribution in [0.1, 0.15) is 33.0 Å². The molecule has 0 atom stereocenters. The molecule has 2 aromatic heterocycles. The van der Waals surface area contributed by atoms with Gasteiger partial charge in [0, 0.05) is 20.1 Å². The highest BCUT2D eigenvalue weighted by atomic mass is 15.3. The van der Waals surface area contributed by atoms with E-state index in [0.717, 1.165) is 48.7 Å². The van der Waals surface area contributed by atoms with Crippen molar-refractivity contribution in [3.8, 4) is 0 Å². The fourth-order valence-electron chi connectivity index (χ4n) is 2.45. The minimum atomic E-state index is 0.633. The fraction of sp³-hybridized carbons (Fsp3) is 0.667. The Bertz CT molecular complexity index is 589. The SMILES string of the molecule is CCCNc1nc(CN(C)CC(C)C)nc2c1cnn2C. The van der Waals surface area contributed by atoms with Crippen LogP contribution in [0.4, 0.5) is 5.82 Å². The van der Waals surface area contributed by atoms with Crippen LogP contribution in [0.15, 0.2) is 6.20 Å². The third kappa shape index (κ3) is 3.91. The average Bonchev–Trinajstić information content (AvgIpc) is 2.77. The van der Waals surface area contributed by atoms with Gasteiger partial charge in [0.25, 0.3) is 0 Å². The number of aromatic nitrogens is 4. The molecule has 0 saturated carbocycles. The van der Waals surface area contributed by atoms with Gasteiger partial charge >= 0.3 is 0 Å². The van der Waals surface area contributed by atoms with Gasteiger partial charge in [0.1, 0.15) is 11.6 Å². The number of nitrogens with one attached hydrogen (secondary N) is 1. The van der Waals surface area contributed by atoms with Crippen molar-refractivity contribution in [2.24, 2.45) is 13.0 Å². The van der Waals surface area contributed by atoms with E-state index in [1.165, 1.54) is 0 Å². The van der Waals surface area contributed by atoms with E-state index in [4.69, 9.17) is 0 Å². The summed E-state index contributed by atoms with van der Waals surface area (Å²) in [7, 11) is 4.02. The summed E-state index contributed by atoms with van der Waals surface area (Å²) in [5.41, 5.74) is 0.886. The van der Waals surface area contributed by atoms with E-state index in [9.17, 15) is 0 Å². The molecule has 0 aliphatic carbocycles. The van der Waals surface area contributed by atoms with Crippen LogP contribution in [0.3, 0.4) is 0 Å². The van der Waals surface area contributed by atoms with E-state index >= 15 is 0 Å². The molecule has 1 N–H and O–H groups in total. The van der Waals surface area contributed by atoms with Gasteiger partial charge in [-0.05, 0) is 19.4 Å². The lowest BCUT2D eigenvalue weighted by molar-refractivity contribution is 0.282. The Kier molecular flexibility index (Phi) is 5.12. The maximum absolute atomic E-state index is 4.68. The van der Waals surface area contributed by atoms with Gasteiger partial charge in [0.05, 0.1) is 18.1 Å². The number of nitrogens with zero attached hydrogens (tertiary/aromatic N) is 5. The smallest absolute Gasteiger partial charge is 0.163 e. The van der Waals surface area contributed by atoms with Gasteiger partial charge < -0.3 is 5.32 Å². The van der Waals surface area contributed by atoms with Crippen molar-refractivity contribution >= 4 is 16.9 Å². The van der Waals surface area contributed by atoms with Crippen molar-refractivity contribution < 1.29 is 0 Å². The average molecular weight is 290 g/mol. The molecule has 116 valence electrons. The van der Waals surface area contributed by atoms with Gasteiger partial charge in [-0.25, -0.2) is 9.97 Å². The van der Waals surface area contributed by atoms with Crippen molar-refractivity contribution in [3.05, 3.63) is 12.0 Å². The molecule has 0 aliphatic rings. The monoisotopic (exact) mass is 290 g/mol. The zero-order valence-electron chi connectivity index (χ0n) is 13.7. The molecule has 6 nitrogen and oxygen atoms in total. The van der Waals surface area contributed by atoms with Crippen molar-refractivity contribution in [3.63, 3.8) is 0 Å². The van der Waals surface area contributed by atoms with E-state index in [1.54, 1.807) is 4.68 Å². The molecule has 0 fully saturated rings. The number of fused-ring (bicyclic) bond motifs is 1. The molecule has 2 aromatic rings. The summed E-state index contributed by atoms with van der Waals surface area (Å²) in [5, 5.41) is 8.66. The lowest BCUT2D eigenvalue weighted by atomic mass is 10.2. The van der Waals surface area contributed by atoms with E-state index in [0.29, 0.717) is 5.92 Å². The zero-order chi connectivity index (χ0) is 15.4. The summed E-state index contributed by atoms with van der Waals surface area (Å²) in [6.45, 7) is 9.27. The van der Waals surface area contributed by atoms with Crippen LogP contribution in [0.2, 0.25) is 0 Å². The first kappa shape index (κ1) is 15.7. The van der Waals surface area contributed by atoms with Crippen LogP contribution in [0.25, 0.3) is 11.0 Å². The second-order valence-corrected chi connectivity index (χ2v) is 6.01. The fourth-order valence-corrected chi connectivity index (χ4v) is 2.45. The molecule has 0 spiro atoms. The van der Waals surface area contributed by atoms with Crippen molar-refractivity contribution in [1.29, 1.82) is 0 Å². The van der Waals surface area contributed by atoms with Crippen LogP contribution in [0.5, 0.6) is 0 Å². The Hall–Kier alpha value is -1.69. The lowest BCUT2D eigenvalue weighted by Gasteiger charge is -2.18. The molecule has 0 saturated heterocycles. The summed E-state index contributed by atoms with van der Waals surface area (Å²) in [4.78, 5) is 11.6. The predicted octanol–water partition coefficient (Wildman–Crippen LogP) is 2.27. The lowest BCUT2D eigenvalue weighted by Crippen LogP contribution is -2.24. The summed E-state index contributed by atoms with van der Waals surface area (Å²) < 4.78 is 1.81. The molecule has 2 heterocycles. The topological polar surface area (TPSA) is 58.9 Å². The molecule has 0 radical (unpaired) electrons. The normalized spacial score (nSPS) is 11.8. The Morgan fingerprint density at radius 2 is 2.10 bits per heavy atom. The highest BCUT2D eigenvalue weighted by Gasteiger charge is 2.13. The number of rotatable bonds is 7. The van der Waals surface area contributed by atoms with Crippen molar-refractivity contribution in [2.75, 3.05) is 25.5 Å². The number of aryl methyl sites for hydroxylation is 1. The molecular formula is C15H26N6. The number of anilines is 1.